The summed E-state index contributed by atoms with van der Waals surface area (Å²) in [6, 6.07) is 16.6. The van der Waals surface area contributed by atoms with Crippen LogP contribution in [0.3, 0.4) is 0 Å². The van der Waals surface area contributed by atoms with Crippen molar-refractivity contribution in [3.05, 3.63) is 64.1 Å². The highest BCUT2D eigenvalue weighted by Gasteiger charge is 2.01. The summed E-state index contributed by atoms with van der Waals surface area (Å²) in [4.78, 5) is 0. The van der Waals surface area contributed by atoms with E-state index in [1.165, 1.54) is 5.56 Å². The van der Waals surface area contributed by atoms with Crippen molar-refractivity contribution in [3.63, 3.8) is 0 Å². The van der Waals surface area contributed by atoms with Crippen LogP contribution in [0.2, 0.25) is 0 Å². The fourth-order valence-electron chi connectivity index (χ4n) is 1.92. The minimum atomic E-state index is 0.251. The molecule has 0 saturated heterocycles. The van der Waals surface area contributed by atoms with Gasteiger partial charge >= 0.3 is 0 Å². The summed E-state index contributed by atoms with van der Waals surface area (Å²) >= 11 is 3.52. The van der Waals surface area contributed by atoms with Gasteiger partial charge in [-0.3, -0.25) is 0 Å². The molecular formula is C17H20BrNO. The van der Waals surface area contributed by atoms with Crippen LogP contribution in [-0.4, -0.2) is 6.04 Å². The molecule has 0 heterocycles. The Morgan fingerprint density at radius 3 is 2.45 bits per heavy atom. The third-order valence-electron chi connectivity index (χ3n) is 3.16. The lowest BCUT2D eigenvalue weighted by molar-refractivity contribution is 0.305. The van der Waals surface area contributed by atoms with Gasteiger partial charge in [0.15, 0.2) is 0 Å². The minimum absolute atomic E-state index is 0.251. The first-order chi connectivity index (χ1) is 9.65. The maximum atomic E-state index is 5.80. The van der Waals surface area contributed by atoms with E-state index in [0.29, 0.717) is 6.61 Å². The molecule has 0 amide bonds. The minimum Gasteiger partial charge on any atom is -0.489 e. The van der Waals surface area contributed by atoms with Gasteiger partial charge in [-0.15, -0.1) is 0 Å². The molecule has 3 heteroatoms. The second-order valence-corrected chi connectivity index (χ2v) is 5.89. The average Bonchev–Trinajstić information content (AvgIpc) is 2.45. The van der Waals surface area contributed by atoms with Crippen LogP contribution in [-0.2, 0) is 13.0 Å². The summed E-state index contributed by atoms with van der Waals surface area (Å²) in [7, 11) is 0. The van der Waals surface area contributed by atoms with Gasteiger partial charge in [-0.05, 0) is 43.5 Å². The topological polar surface area (TPSA) is 35.2 Å². The van der Waals surface area contributed by atoms with Gasteiger partial charge in [0, 0.05) is 16.1 Å². The Morgan fingerprint density at radius 1 is 1.10 bits per heavy atom. The monoisotopic (exact) mass is 333 g/mol. The second kappa shape index (κ2) is 7.46. The van der Waals surface area contributed by atoms with Crippen LogP contribution in [0.5, 0.6) is 5.75 Å². The van der Waals surface area contributed by atoms with Crippen LogP contribution < -0.4 is 10.5 Å². The maximum Gasteiger partial charge on any atom is 0.119 e. The Labute approximate surface area is 129 Å². The molecule has 0 aliphatic heterocycles. The predicted octanol–water partition coefficient (Wildman–Crippen LogP) is 4.31. The highest BCUT2D eigenvalue weighted by molar-refractivity contribution is 9.10. The molecule has 1 unspecified atom stereocenters. The van der Waals surface area contributed by atoms with E-state index in [2.05, 4.69) is 34.1 Å². The van der Waals surface area contributed by atoms with Crippen molar-refractivity contribution in [1.82, 2.24) is 0 Å². The molecule has 2 nitrogen and oxygen atoms in total. The number of benzene rings is 2. The van der Waals surface area contributed by atoms with E-state index in [1.807, 2.05) is 37.3 Å². The van der Waals surface area contributed by atoms with E-state index < -0.39 is 0 Å². The highest BCUT2D eigenvalue weighted by Crippen LogP contribution is 2.19. The van der Waals surface area contributed by atoms with Crippen LogP contribution in [0, 0.1) is 0 Å². The van der Waals surface area contributed by atoms with Crippen molar-refractivity contribution >= 4 is 15.9 Å². The molecular weight excluding hydrogens is 314 g/mol. The van der Waals surface area contributed by atoms with E-state index in [-0.39, 0.29) is 6.04 Å². The first-order valence-electron chi connectivity index (χ1n) is 6.86. The Hall–Kier alpha value is -1.32. The van der Waals surface area contributed by atoms with Crippen molar-refractivity contribution < 1.29 is 4.74 Å². The molecule has 2 aromatic rings. The third-order valence-corrected chi connectivity index (χ3v) is 3.94. The van der Waals surface area contributed by atoms with Gasteiger partial charge < -0.3 is 10.5 Å². The van der Waals surface area contributed by atoms with E-state index in [9.17, 15) is 0 Å². The molecule has 0 aliphatic carbocycles. The third kappa shape index (κ3) is 4.66. The molecule has 0 fully saturated rings. The quantitative estimate of drug-likeness (QED) is 0.854. The zero-order chi connectivity index (χ0) is 14.4. The second-order valence-electron chi connectivity index (χ2n) is 5.04. The van der Waals surface area contributed by atoms with Crippen LogP contribution >= 0.6 is 15.9 Å². The summed E-state index contributed by atoms with van der Waals surface area (Å²) in [5, 5.41) is 0. The normalized spacial score (nSPS) is 12.2. The molecule has 20 heavy (non-hydrogen) atoms. The zero-order valence-corrected chi connectivity index (χ0v) is 13.3. The Bertz CT molecular complexity index is 537. The maximum absolute atomic E-state index is 5.80. The van der Waals surface area contributed by atoms with E-state index in [1.54, 1.807) is 0 Å². The molecule has 0 aromatic heterocycles. The lowest BCUT2D eigenvalue weighted by Crippen LogP contribution is -2.15. The Kier molecular flexibility index (Phi) is 5.62. The first kappa shape index (κ1) is 15.1. The number of hydrogen-bond donors (Lipinski definition) is 1. The van der Waals surface area contributed by atoms with Crippen LogP contribution in [0.1, 0.15) is 24.5 Å². The van der Waals surface area contributed by atoms with Gasteiger partial charge in [-0.1, -0.05) is 46.3 Å². The van der Waals surface area contributed by atoms with Crippen LogP contribution in [0.4, 0.5) is 0 Å². The Balaban J connectivity index is 1.89. The molecule has 2 N–H and O–H groups in total. The highest BCUT2D eigenvalue weighted by atomic mass is 79.9. The van der Waals surface area contributed by atoms with Crippen LogP contribution in [0.25, 0.3) is 0 Å². The van der Waals surface area contributed by atoms with E-state index >= 15 is 0 Å². The molecule has 0 radical (unpaired) electrons. The lowest BCUT2D eigenvalue weighted by atomic mass is 10.1. The summed E-state index contributed by atoms with van der Waals surface area (Å²) in [5.74, 6) is 0.894. The van der Waals surface area contributed by atoms with Crippen molar-refractivity contribution in [3.8, 4) is 5.75 Å². The number of rotatable bonds is 6. The fraction of sp³-hybridized carbons (Fsp3) is 0.294. The average molecular weight is 334 g/mol. The van der Waals surface area contributed by atoms with Gasteiger partial charge in [-0.2, -0.15) is 0 Å². The van der Waals surface area contributed by atoms with Gasteiger partial charge in [0.2, 0.25) is 0 Å². The lowest BCUT2D eigenvalue weighted by Gasteiger charge is -2.09. The van der Waals surface area contributed by atoms with Crippen molar-refractivity contribution in [2.45, 2.75) is 32.4 Å². The van der Waals surface area contributed by atoms with Gasteiger partial charge in [0.1, 0.15) is 12.4 Å². The molecule has 1 atom stereocenters. The number of ether oxygens (including phenoxy) is 1. The zero-order valence-electron chi connectivity index (χ0n) is 11.7. The summed E-state index contributed by atoms with van der Waals surface area (Å²) in [6.07, 6.45) is 2.03. The summed E-state index contributed by atoms with van der Waals surface area (Å²) in [6.45, 7) is 2.61. The van der Waals surface area contributed by atoms with Crippen molar-refractivity contribution in [2.24, 2.45) is 5.73 Å². The molecule has 0 bridgehead atoms. The summed E-state index contributed by atoms with van der Waals surface area (Å²) < 4.78 is 6.88. The molecule has 0 saturated carbocycles. The molecule has 2 rings (SSSR count). The van der Waals surface area contributed by atoms with Gasteiger partial charge in [0.25, 0.3) is 0 Å². The van der Waals surface area contributed by atoms with Crippen molar-refractivity contribution in [1.29, 1.82) is 0 Å². The van der Waals surface area contributed by atoms with Gasteiger partial charge in [0.05, 0.1) is 0 Å². The number of hydrogen-bond acceptors (Lipinski definition) is 2. The standard InChI is InChI=1S/C17H20BrNO/c1-13(19)6-7-14-8-10-16(11-9-14)20-12-15-4-2-3-5-17(15)18/h2-5,8-11,13H,6-7,12,19H2,1H3. The predicted molar refractivity (Wildman–Crippen MR) is 86.9 cm³/mol. The Morgan fingerprint density at radius 2 is 1.80 bits per heavy atom. The smallest absolute Gasteiger partial charge is 0.119 e. The molecule has 2 aromatic carbocycles. The number of aryl methyl sites for hydroxylation is 1. The van der Waals surface area contributed by atoms with Crippen LogP contribution in [0.15, 0.2) is 53.0 Å². The first-order valence-corrected chi connectivity index (χ1v) is 7.65. The van der Waals surface area contributed by atoms with Gasteiger partial charge in [-0.25, -0.2) is 0 Å². The fourth-order valence-corrected chi connectivity index (χ4v) is 2.32. The molecule has 0 spiro atoms. The van der Waals surface area contributed by atoms with E-state index in [4.69, 9.17) is 10.5 Å². The SMILES string of the molecule is CC(N)CCc1ccc(OCc2ccccc2Br)cc1. The van der Waals surface area contributed by atoms with E-state index in [0.717, 1.165) is 28.6 Å². The van der Waals surface area contributed by atoms with Crippen molar-refractivity contribution in [2.75, 3.05) is 0 Å². The largest absolute Gasteiger partial charge is 0.489 e. The number of halogens is 1. The summed E-state index contributed by atoms with van der Waals surface area (Å²) in [5.41, 5.74) is 8.22. The molecule has 106 valence electrons. The number of nitrogens with two attached hydrogens (primary N) is 1. The molecule has 0 aliphatic rings.